The van der Waals surface area contributed by atoms with E-state index >= 15 is 0 Å². The van der Waals surface area contributed by atoms with Crippen molar-refractivity contribution in [2.75, 3.05) is 11.1 Å². The summed E-state index contributed by atoms with van der Waals surface area (Å²) in [5.74, 6) is 0. The van der Waals surface area contributed by atoms with Gasteiger partial charge in [0, 0.05) is 11.4 Å². The molecule has 2 aromatic carbocycles. The highest BCUT2D eigenvalue weighted by molar-refractivity contribution is 5.78. The van der Waals surface area contributed by atoms with E-state index in [9.17, 15) is 4.79 Å². The number of hydrogen-bond donors (Lipinski definition) is 4. The van der Waals surface area contributed by atoms with Crippen LogP contribution in [0.25, 0.3) is 11.0 Å². The molecule has 21 heavy (non-hydrogen) atoms. The van der Waals surface area contributed by atoms with E-state index in [2.05, 4.69) is 27.4 Å². The molecule has 0 aliphatic heterocycles. The molecule has 1 aliphatic carbocycles. The Kier molecular flexibility index (Phi) is 2.54. The van der Waals surface area contributed by atoms with Gasteiger partial charge in [-0.1, -0.05) is 6.07 Å². The number of aromatic amines is 2. The van der Waals surface area contributed by atoms with Crippen LogP contribution in [-0.2, 0) is 6.42 Å². The summed E-state index contributed by atoms with van der Waals surface area (Å²) in [6.45, 7) is 0. The predicted octanol–water partition coefficient (Wildman–Crippen LogP) is 2.54. The van der Waals surface area contributed by atoms with Gasteiger partial charge < -0.3 is 21.0 Å². The van der Waals surface area contributed by atoms with Crippen LogP contribution in [-0.4, -0.2) is 9.97 Å². The summed E-state index contributed by atoms with van der Waals surface area (Å²) in [5, 5.41) is 3.54. The maximum Gasteiger partial charge on any atom is 0.323 e. The van der Waals surface area contributed by atoms with Crippen LogP contribution >= 0.6 is 0 Å². The molecule has 0 saturated heterocycles. The van der Waals surface area contributed by atoms with Crippen molar-refractivity contribution in [1.82, 2.24) is 9.97 Å². The average Bonchev–Trinajstić information content (AvgIpc) is 3.01. The van der Waals surface area contributed by atoms with Gasteiger partial charge >= 0.3 is 5.69 Å². The van der Waals surface area contributed by atoms with Gasteiger partial charge in [-0.05, 0) is 54.3 Å². The fourth-order valence-electron chi connectivity index (χ4n) is 3.11. The molecule has 1 heterocycles. The van der Waals surface area contributed by atoms with E-state index in [4.69, 9.17) is 5.73 Å². The molecule has 1 atom stereocenters. The molecule has 1 unspecified atom stereocenters. The number of anilines is 2. The highest BCUT2D eigenvalue weighted by Crippen LogP contribution is 2.35. The van der Waals surface area contributed by atoms with Gasteiger partial charge in [0.25, 0.3) is 0 Å². The fraction of sp³-hybridized carbons (Fsp3) is 0.188. The van der Waals surface area contributed by atoms with Crippen LogP contribution in [0.4, 0.5) is 11.4 Å². The second-order valence-electron chi connectivity index (χ2n) is 5.53. The number of aromatic nitrogens is 2. The Hall–Kier alpha value is -2.69. The maximum atomic E-state index is 11.3. The second-order valence-corrected chi connectivity index (χ2v) is 5.53. The summed E-state index contributed by atoms with van der Waals surface area (Å²) in [7, 11) is 0. The van der Waals surface area contributed by atoms with Crippen molar-refractivity contribution in [1.29, 1.82) is 0 Å². The summed E-state index contributed by atoms with van der Waals surface area (Å²) in [6.07, 6.45) is 2.10. The molecular formula is C16H16N4O. The summed E-state index contributed by atoms with van der Waals surface area (Å²) in [5.41, 5.74) is 11.8. The van der Waals surface area contributed by atoms with Gasteiger partial charge in [0.2, 0.25) is 0 Å². The molecule has 106 valence electrons. The molecule has 0 saturated carbocycles. The third-order valence-electron chi connectivity index (χ3n) is 4.10. The number of hydrogen-bond acceptors (Lipinski definition) is 3. The number of nitrogen functional groups attached to an aromatic ring is 1. The Morgan fingerprint density at radius 3 is 2.86 bits per heavy atom. The Bertz CT molecular complexity index is 877. The number of imidazole rings is 1. The molecule has 1 aromatic heterocycles. The standard InChI is InChI=1S/C16H16N4O/c17-10-2-4-12-9(7-10)1-5-13(12)18-11-3-6-14-15(8-11)20-16(21)19-14/h2-4,6-8,13,18H,1,5,17H2,(H2,19,20,21). The minimum absolute atomic E-state index is 0.177. The number of benzene rings is 2. The number of nitrogens with one attached hydrogen (secondary N) is 3. The molecule has 3 aromatic rings. The minimum Gasteiger partial charge on any atom is -0.399 e. The molecule has 0 radical (unpaired) electrons. The second kappa shape index (κ2) is 4.41. The first-order valence-electron chi connectivity index (χ1n) is 7.06. The molecule has 0 amide bonds. The van der Waals surface area contributed by atoms with E-state index in [0.29, 0.717) is 6.04 Å². The number of nitrogens with two attached hydrogens (primary N) is 1. The first-order valence-corrected chi connectivity index (χ1v) is 7.06. The van der Waals surface area contributed by atoms with Crippen molar-refractivity contribution in [3.05, 3.63) is 58.0 Å². The first kappa shape index (κ1) is 12.1. The van der Waals surface area contributed by atoms with Crippen molar-refractivity contribution in [2.24, 2.45) is 0 Å². The van der Waals surface area contributed by atoms with Crippen LogP contribution in [0.3, 0.4) is 0 Å². The Labute approximate surface area is 121 Å². The van der Waals surface area contributed by atoms with Crippen LogP contribution in [0.2, 0.25) is 0 Å². The van der Waals surface area contributed by atoms with E-state index in [1.54, 1.807) is 0 Å². The van der Waals surface area contributed by atoms with Gasteiger partial charge in [-0.25, -0.2) is 4.79 Å². The Morgan fingerprint density at radius 1 is 1.10 bits per heavy atom. The van der Waals surface area contributed by atoms with E-state index < -0.39 is 0 Å². The molecular weight excluding hydrogens is 264 g/mol. The summed E-state index contributed by atoms with van der Waals surface area (Å²) in [4.78, 5) is 16.8. The number of aryl methyl sites for hydroxylation is 1. The zero-order valence-corrected chi connectivity index (χ0v) is 11.4. The molecule has 5 nitrogen and oxygen atoms in total. The quantitative estimate of drug-likeness (QED) is 0.544. The first-order chi connectivity index (χ1) is 10.2. The highest BCUT2D eigenvalue weighted by Gasteiger charge is 2.22. The lowest BCUT2D eigenvalue weighted by molar-refractivity contribution is 0.762. The molecule has 0 bridgehead atoms. The van der Waals surface area contributed by atoms with Crippen LogP contribution in [0.15, 0.2) is 41.2 Å². The zero-order chi connectivity index (χ0) is 14.4. The predicted molar refractivity (Wildman–Crippen MR) is 84.5 cm³/mol. The molecule has 5 N–H and O–H groups in total. The van der Waals surface area contributed by atoms with Gasteiger partial charge in [-0.2, -0.15) is 0 Å². The van der Waals surface area contributed by atoms with Crippen molar-refractivity contribution in [3.8, 4) is 0 Å². The van der Waals surface area contributed by atoms with Crippen molar-refractivity contribution in [3.63, 3.8) is 0 Å². The van der Waals surface area contributed by atoms with Crippen LogP contribution in [0, 0.1) is 0 Å². The third-order valence-corrected chi connectivity index (χ3v) is 4.10. The average molecular weight is 280 g/mol. The van der Waals surface area contributed by atoms with Gasteiger partial charge in [0.05, 0.1) is 17.1 Å². The number of H-pyrrole nitrogens is 2. The zero-order valence-electron chi connectivity index (χ0n) is 11.4. The van der Waals surface area contributed by atoms with Crippen molar-refractivity contribution >= 4 is 22.4 Å². The summed E-state index contributed by atoms with van der Waals surface area (Å²) in [6, 6.07) is 12.3. The van der Waals surface area contributed by atoms with Crippen LogP contribution < -0.4 is 16.7 Å². The normalized spacial score (nSPS) is 17.0. The van der Waals surface area contributed by atoms with E-state index in [1.165, 1.54) is 11.1 Å². The SMILES string of the molecule is Nc1ccc2c(c1)CCC2Nc1ccc2[nH]c(=O)[nH]c2c1. The maximum absolute atomic E-state index is 11.3. The monoisotopic (exact) mass is 280 g/mol. The Morgan fingerprint density at radius 2 is 1.95 bits per heavy atom. The lowest BCUT2D eigenvalue weighted by atomic mass is 10.1. The van der Waals surface area contributed by atoms with E-state index in [0.717, 1.165) is 35.2 Å². The Balaban J connectivity index is 1.65. The lowest BCUT2D eigenvalue weighted by Crippen LogP contribution is -2.07. The highest BCUT2D eigenvalue weighted by atomic mass is 16.1. The van der Waals surface area contributed by atoms with Crippen LogP contribution in [0.1, 0.15) is 23.6 Å². The fourth-order valence-corrected chi connectivity index (χ4v) is 3.11. The van der Waals surface area contributed by atoms with Crippen LogP contribution in [0.5, 0.6) is 0 Å². The van der Waals surface area contributed by atoms with Gasteiger partial charge in [-0.15, -0.1) is 0 Å². The van der Waals surface area contributed by atoms with E-state index in [-0.39, 0.29) is 5.69 Å². The number of fused-ring (bicyclic) bond motifs is 2. The molecule has 4 rings (SSSR count). The molecule has 1 aliphatic rings. The minimum atomic E-state index is -0.177. The van der Waals surface area contributed by atoms with Gasteiger partial charge in [-0.3, -0.25) is 0 Å². The smallest absolute Gasteiger partial charge is 0.323 e. The topological polar surface area (TPSA) is 86.7 Å². The lowest BCUT2D eigenvalue weighted by Gasteiger charge is -2.15. The molecule has 0 fully saturated rings. The largest absolute Gasteiger partial charge is 0.399 e. The van der Waals surface area contributed by atoms with Crippen molar-refractivity contribution < 1.29 is 0 Å². The summed E-state index contributed by atoms with van der Waals surface area (Å²) < 4.78 is 0. The van der Waals surface area contributed by atoms with Gasteiger partial charge in [0.1, 0.15) is 0 Å². The van der Waals surface area contributed by atoms with Gasteiger partial charge in [0.15, 0.2) is 0 Å². The van der Waals surface area contributed by atoms with Crippen molar-refractivity contribution in [2.45, 2.75) is 18.9 Å². The molecule has 0 spiro atoms. The summed E-state index contributed by atoms with van der Waals surface area (Å²) >= 11 is 0. The van der Waals surface area contributed by atoms with E-state index in [1.807, 2.05) is 24.3 Å². The third kappa shape index (κ3) is 2.07. The number of rotatable bonds is 2. The molecule has 5 heteroatoms.